The highest BCUT2D eigenvalue weighted by molar-refractivity contribution is 5.54. The van der Waals surface area contributed by atoms with Gasteiger partial charge < -0.3 is 10.1 Å². The number of benzene rings is 1. The third-order valence-corrected chi connectivity index (χ3v) is 1.69. The molecule has 0 unspecified atom stereocenters. The van der Waals surface area contributed by atoms with E-state index in [0.29, 0.717) is 12.5 Å². The highest BCUT2D eigenvalue weighted by Gasteiger charge is 2.08. The highest BCUT2D eigenvalue weighted by atomic mass is 16.5. The molecule has 1 N–H and O–H groups in total. The second-order valence-electron chi connectivity index (χ2n) is 2.49. The van der Waals surface area contributed by atoms with E-state index < -0.39 is 0 Å². The van der Waals surface area contributed by atoms with Gasteiger partial charge in [0.1, 0.15) is 6.61 Å². The van der Waals surface area contributed by atoms with Crippen molar-refractivity contribution in [2.24, 2.45) is 0 Å². The molecular weight excluding hydrogens is 138 g/mol. The first-order valence-electron chi connectivity index (χ1n) is 3.53. The van der Waals surface area contributed by atoms with E-state index in [0.717, 1.165) is 5.69 Å². The summed E-state index contributed by atoms with van der Waals surface area (Å²) in [6.45, 7) is 4.31. The Bertz CT molecular complexity index is 293. The lowest BCUT2D eigenvalue weighted by molar-refractivity contribution is 0.198. The summed E-state index contributed by atoms with van der Waals surface area (Å²) in [6.07, 6.45) is 0. The van der Waals surface area contributed by atoms with Gasteiger partial charge >= 0.3 is 0 Å². The van der Waals surface area contributed by atoms with Crippen molar-refractivity contribution in [3.05, 3.63) is 42.3 Å². The third-order valence-electron chi connectivity index (χ3n) is 1.69. The van der Waals surface area contributed by atoms with Gasteiger partial charge in [0.05, 0.1) is 0 Å². The van der Waals surface area contributed by atoms with Crippen molar-refractivity contribution in [2.75, 3.05) is 5.32 Å². The van der Waals surface area contributed by atoms with Crippen molar-refractivity contribution in [1.29, 1.82) is 0 Å². The van der Waals surface area contributed by atoms with Crippen molar-refractivity contribution in [1.82, 2.24) is 0 Å². The zero-order valence-electron chi connectivity index (χ0n) is 6.13. The predicted octanol–water partition coefficient (Wildman–Crippen LogP) is 2.10. The van der Waals surface area contributed by atoms with Crippen LogP contribution in [-0.4, -0.2) is 0 Å². The molecule has 0 radical (unpaired) electrons. The van der Waals surface area contributed by atoms with Crippen molar-refractivity contribution < 1.29 is 4.74 Å². The van der Waals surface area contributed by atoms with Gasteiger partial charge in [0.15, 0.2) is 5.88 Å². The first-order valence-corrected chi connectivity index (χ1v) is 3.53. The molecule has 0 aromatic heterocycles. The van der Waals surface area contributed by atoms with Gasteiger partial charge in [0.2, 0.25) is 0 Å². The molecule has 1 aliphatic rings. The number of ether oxygens (including phenoxy) is 1. The average molecular weight is 147 g/mol. The zero-order chi connectivity index (χ0) is 7.68. The van der Waals surface area contributed by atoms with Crippen LogP contribution in [0.3, 0.4) is 0 Å². The maximum atomic E-state index is 5.20. The number of anilines is 1. The van der Waals surface area contributed by atoms with E-state index >= 15 is 0 Å². The Kier molecular flexibility index (Phi) is 1.32. The maximum absolute atomic E-state index is 5.20. The van der Waals surface area contributed by atoms with Crippen molar-refractivity contribution in [2.45, 2.75) is 6.61 Å². The fourth-order valence-electron chi connectivity index (χ4n) is 1.12. The molecule has 0 amide bonds. The van der Waals surface area contributed by atoms with Crippen LogP contribution in [0, 0.1) is 0 Å². The van der Waals surface area contributed by atoms with Gasteiger partial charge in [0.25, 0.3) is 0 Å². The second-order valence-corrected chi connectivity index (χ2v) is 2.49. The number of nitrogens with one attached hydrogen (secondary N) is 1. The summed E-state index contributed by atoms with van der Waals surface area (Å²) >= 11 is 0. The molecule has 1 heterocycles. The summed E-state index contributed by atoms with van der Waals surface area (Å²) in [4.78, 5) is 0. The van der Waals surface area contributed by atoms with Crippen molar-refractivity contribution >= 4 is 5.69 Å². The van der Waals surface area contributed by atoms with Crippen LogP contribution in [0.5, 0.6) is 0 Å². The lowest BCUT2D eigenvalue weighted by atomic mass is 10.2. The van der Waals surface area contributed by atoms with Crippen molar-refractivity contribution in [3.63, 3.8) is 0 Å². The summed E-state index contributed by atoms with van der Waals surface area (Å²) in [5, 5.41) is 3.04. The Hall–Kier alpha value is -1.44. The quantitative estimate of drug-likeness (QED) is 0.606. The predicted molar refractivity (Wildman–Crippen MR) is 44.0 cm³/mol. The molecule has 0 aliphatic carbocycles. The number of hydrogen-bond acceptors (Lipinski definition) is 2. The second kappa shape index (κ2) is 2.31. The fraction of sp³-hybridized carbons (Fsp3) is 0.111. The van der Waals surface area contributed by atoms with Crippen LogP contribution < -0.4 is 5.32 Å². The number of fused-ring (bicyclic) bond motifs is 1. The number of rotatable bonds is 0. The van der Waals surface area contributed by atoms with Crippen LogP contribution >= 0.6 is 0 Å². The van der Waals surface area contributed by atoms with Crippen LogP contribution in [0.4, 0.5) is 5.69 Å². The molecule has 2 nitrogen and oxygen atoms in total. The smallest absolute Gasteiger partial charge is 0.184 e. The molecule has 1 aromatic carbocycles. The lowest BCUT2D eigenvalue weighted by Crippen LogP contribution is -2.10. The molecule has 1 aromatic rings. The summed E-state index contributed by atoms with van der Waals surface area (Å²) < 4.78 is 5.20. The first-order chi connectivity index (χ1) is 5.36. The van der Waals surface area contributed by atoms with Crippen LogP contribution in [-0.2, 0) is 11.3 Å². The summed E-state index contributed by atoms with van der Waals surface area (Å²) in [6, 6.07) is 8.04. The molecule has 0 spiro atoms. The Morgan fingerprint density at radius 2 is 2.18 bits per heavy atom. The molecular formula is C9H9NO. The van der Waals surface area contributed by atoms with Crippen LogP contribution in [0.25, 0.3) is 0 Å². The van der Waals surface area contributed by atoms with E-state index in [9.17, 15) is 0 Å². The third kappa shape index (κ3) is 1.07. The molecule has 0 atom stereocenters. The zero-order valence-corrected chi connectivity index (χ0v) is 6.13. The monoisotopic (exact) mass is 147 g/mol. The van der Waals surface area contributed by atoms with Gasteiger partial charge in [-0.15, -0.1) is 0 Å². The molecule has 2 heteroatoms. The highest BCUT2D eigenvalue weighted by Crippen LogP contribution is 2.22. The van der Waals surface area contributed by atoms with Crippen molar-refractivity contribution in [3.8, 4) is 0 Å². The van der Waals surface area contributed by atoms with E-state index in [1.165, 1.54) is 5.56 Å². The SMILES string of the molecule is C=C1Nc2ccccc2CO1. The number of hydrogen-bond donors (Lipinski definition) is 1. The fourth-order valence-corrected chi connectivity index (χ4v) is 1.12. The summed E-state index contributed by atoms with van der Waals surface area (Å²) in [5.41, 5.74) is 2.28. The van der Waals surface area contributed by atoms with Crippen LogP contribution in [0.1, 0.15) is 5.56 Å². The molecule has 0 fully saturated rings. The van der Waals surface area contributed by atoms with Gasteiger partial charge in [-0.05, 0) is 12.6 Å². The topological polar surface area (TPSA) is 21.3 Å². The molecule has 2 rings (SSSR count). The molecule has 0 saturated carbocycles. The normalized spacial score (nSPS) is 14.7. The minimum absolute atomic E-state index is 0.627. The molecule has 1 aliphatic heterocycles. The van der Waals surface area contributed by atoms with Gasteiger partial charge in [-0.1, -0.05) is 18.2 Å². The van der Waals surface area contributed by atoms with Crippen LogP contribution in [0.2, 0.25) is 0 Å². The largest absolute Gasteiger partial charge is 0.475 e. The van der Waals surface area contributed by atoms with E-state index in [1.54, 1.807) is 0 Å². The minimum atomic E-state index is 0.627. The summed E-state index contributed by atoms with van der Waals surface area (Å²) in [7, 11) is 0. The maximum Gasteiger partial charge on any atom is 0.184 e. The van der Waals surface area contributed by atoms with E-state index in [1.807, 2.05) is 24.3 Å². The van der Waals surface area contributed by atoms with E-state index in [4.69, 9.17) is 4.74 Å². The standard InChI is InChI=1S/C9H9NO/c1-7-10-9-5-3-2-4-8(9)6-11-7/h2-5,10H,1,6H2. The average Bonchev–Trinajstić information content (AvgIpc) is 2.04. The Balaban J connectivity index is 2.41. The molecule has 0 saturated heterocycles. The first kappa shape index (κ1) is 6.28. The molecule has 0 bridgehead atoms. The van der Waals surface area contributed by atoms with Gasteiger partial charge in [-0.3, -0.25) is 0 Å². The van der Waals surface area contributed by atoms with E-state index in [2.05, 4.69) is 11.9 Å². The Morgan fingerprint density at radius 3 is 3.09 bits per heavy atom. The minimum Gasteiger partial charge on any atom is -0.475 e. The lowest BCUT2D eigenvalue weighted by Gasteiger charge is -2.20. The van der Waals surface area contributed by atoms with E-state index in [-0.39, 0.29) is 0 Å². The Labute approximate surface area is 65.5 Å². The van der Waals surface area contributed by atoms with Gasteiger partial charge in [-0.25, -0.2) is 0 Å². The number of para-hydroxylation sites is 1. The summed E-state index contributed by atoms with van der Waals surface area (Å²) in [5.74, 6) is 0.628. The molecule has 56 valence electrons. The van der Waals surface area contributed by atoms with Crippen LogP contribution in [0.15, 0.2) is 36.7 Å². The van der Waals surface area contributed by atoms with Gasteiger partial charge in [-0.2, -0.15) is 0 Å². The van der Waals surface area contributed by atoms with Gasteiger partial charge in [0, 0.05) is 11.3 Å². The molecule has 11 heavy (non-hydrogen) atoms. The Morgan fingerprint density at radius 1 is 1.36 bits per heavy atom.